The van der Waals surface area contributed by atoms with E-state index >= 15 is 0 Å². The Morgan fingerprint density at radius 2 is 1.72 bits per heavy atom. The molecule has 2 heteroatoms. The fourth-order valence-corrected chi connectivity index (χ4v) is 6.80. The summed E-state index contributed by atoms with van der Waals surface area (Å²) in [5, 5.41) is 20.3. The van der Waals surface area contributed by atoms with E-state index < -0.39 is 12.2 Å². The maximum Gasteiger partial charge on any atom is 0.0809 e. The van der Waals surface area contributed by atoms with Gasteiger partial charge >= 0.3 is 0 Å². The third-order valence-corrected chi connectivity index (χ3v) is 8.61. The third kappa shape index (κ3) is 6.60. The third-order valence-electron chi connectivity index (χ3n) is 8.61. The molecule has 6 atom stereocenters. The van der Waals surface area contributed by atoms with Crippen LogP contribution in [0.4, 0.5) is 0 Å². The standard InChI is InChI=1S/C28H46O2.C2H6/c1-19(9-7-15-27(3,4)5)23-13-14-24-22(10-8-16-28(23,24)6)12-11-21-17-25(29)20(2)26(30)18-21;1-2/h11-12,19,23-26,29-30H,2,7-10,13-18H2,1,3-6H3;1-2H3/b22-12+;/t19-,23?,24-,25+,26+,28+;/m0./s1. The van der Waals surface area contributed by atoms with Crippen molar-refractivity contribution in [2.24, 2.45) is 28.6 Å². The smallest absolute Gasteiger partial charge is 0.0809 e. The molecule has 0 radical (unpaired) electrons. The van der Waals surface area contributed by atoms with Gasteiger partial charge in [0.2, 0.25) is 0 Å². The summed E-state index contributed by atoms with van der Waals surface area (Å²) in [6.45, 7) is 20.0. The van der Waals surface area contributed by atoms with Crippen molar-refractivity contribution in [3.63, 3.8) is 0 Å². The van der Waals surface area contributed by atoms with E-state index in [9.17, 15) is 10.2 Å². The SMILES string of the molecule is C=C1[C@H](O)CC(=C/C=C2\CCC[C@]3(C)C([C@@H](C)CCCC(C)(C)C)CC[C@@H]23)C[C@H]1O.CC. The van der Waals surface area contributed by atoms with Gasteiger partial charge in [0.1, 0.15) is 0 Å². The van der Waals surface area contributed by atoms with Crippen LogP contribution < -0.4 is 0 Å². The molecule has 0 saturated heterocycles. The lowest BCUT2D eigenvalue weighted by Gasteiger charge is -2.44. The maximum absolute atomic E-state index is 10.1. The van der Waals surface area contributed by atoms with E-state index in [0.717, 1.165) is 17.4 Å². The zero-order chi connectivity index (χ0) is 24.1. The van der Waals surface area contributed by atoms with Crippen LogP contribution in [0.1, 0.15) is 113 Å². The Kier molecular flexibility index (Phi) is 9.86. The highest BCUT2D eigenvalue weighted by molar-refractivity contribution is 5.29. The van der Waals surface area contributed by atoms with Crippen molar-refractivity contribution in [2.45, 2.75) is 125 Å². The molecule has 0 aromatic rings. The number of aliphatic hydroxyl groups is 2. The van der Waals surface area contributed by atoms with E-state index in [1.165, 1.54) is 51.4 Å². The second-order valence-electron chi connectivity index (χ2n) is 12.1. The molecule has 0 amide bonds. The van der Waals surface area contributed by atoms with Gasteiger partial charge in [-0.25, -0.2) is 0 Å². The maximum atomic E-state index is 10.1. The topological polar surface area (TPSA) is 40.5 Å². The molecule has 0 aromatic heterocycles. The molecule has 3 saturated carbocycles. The molecule has 0 bridgehead atoms. The second-order valence-corrected chi connectivity index (χ2v) is 12.1. The molecule has 3 rings (SSSR count). The molecule has 0 aromatic carbocycles. The fourth-order valence-electron chi connectivity index (χ4n) is 6.80. The number of fused-ring (bicyclic) bond motifs is 1. The van der Waals surface area contributed by atoms with E-state index in [1.54, 1.807) is 5.57 Å². The van der Waals surface area contributed by atoms with Crippen molar-refractivity contribution in [1.29, 1.82) is 0 Å². The van der Waals surface area contributed by atoms with Crippen molar-refractivity contribution in [1.82, 2.24) is 0 Å². The lowest BCUT2D eigenvalue weighted by molar-refractivity contribution is 0.0920. The molecular formula is C30H52O2. The summed E-state index contributed by atoms with van der Waals surface area (Å²) in [5.41, 5.74) is 4.25. The summed E-state index contributed by atoms with van der Waals surface area (Å²) in [7, 11) is 0. The van der Waals surface area contributed by atoms with E-state index in [4.69, 9.17) is 0 Å². The van der Waals surface area contributed by atoms with Crippen molar-refractivity contribution in [2.75, 3.05) is 0 Å². The van der Waals surface area contributed by atoms with Gasteiger partial charge in [-0.1, -0.05) is 91.2 Å². The molecule has 184 valence electrons. The van der Waals surface area contributed by atoms with Crippen LogP contribution in [0.15, 0.2) is 35.5 Å². The Balaban J connectivity index is 0.00000176. The summed E-state index contributed by atoms with van der Waals surface area (Å²) < 4.78 is 0. The number of aliphatic hydroxyl groups excluding tert-OH is 2. The molecule has 0 heterocycles. The van der Waals surface area contributed by atoms with Crippen LogP contribution in [0.2, 0.25) is 0 Å². The summed E-state index contributed by atoms with van der Waals surface area (Å²) in [6, 6.07) is 0. The van der Waals surface area contributed by atoms with Gasteiger partial charge in [-0.05, 0) is 85.5 Å². The summed E-state index contributed by atoms with van der Waals surface area (Å²) in [5.74, 6) is 2.38. The van der Waals surface area contributed by atoms with Gasteiger partial charge in [0, 0.05) is 0 Å². The van der Waals surface area contributed by atoms with Crippen molar-refractivity contribution in [3.05, 3.63) is 35.5 Å². The number of rotatable bonds is 5. The first-order valence-corrected chi connectivity index (χ1v) is 13.4. The molecule has 2 nitrogen and oxygen atoms in total. The van der Waals surface area contributed by atoms with Crippen LogP contribution in [0.3, 0.4) is 0 Å². The molecule has 3 aliphatic rings. The summed E-state index contributed by atoms with van der Waals surface area (Å²) >= 11 is 0. The minimum atomic E-state index is -0.597. The Hall–Kier alpha value is -0.860. The summed E-state index contributed by atoms with van der Waals surface area (Å²) in [6.07, 6.45) is 15.3. The van der Waals surface area contributed by atoms with Crippen LogP contribution in [-0.2, 0) is 0 Å². The fraction of sp³-hybridized carbons (Fsp3) is 0.800. The van der Waals surface area contributed by atoms with Gasteiger partial charge in [0.05, 0.1) is 12.2 Å². The average Bonchev–Trinajstić information content (AvgIpc) is 3.08. The first kappa shape index (κ1) is 27.4. The van der Waals surface area contributed by atoms with Crippen molar-refractivity contribution >= 4 is 0 Å². The zero-order valence-corrected chi connectivity index (χ0v) is 22.2. The van der Waals surface area contributed by atoms with Crippen molar-refractivity contribution in [3.8, 4) is 0 Å². The molecule has 2 N–H and O–H groups in total. The lowest BCUT2D eigenvalue weighted by atomic mass is 9.60. The van der Waals surface area contributed by atoms with Gasteiger partial charge in [-0.3, -0.25) is 0 Å². The van der Waals surface area contributed by atoms with Crippen LogP contribution in [-0.4, -0.2) is 22.4 Å². The van der Waals surface area contributed by atoms with Crippen LogP contribution >= 0.6 is 0 Å². The Morgan fingerprint density at radius 3 is 2.31 bits per heavy atom. The summed E-state index contributed by atoms with van der Waals surface area (Å²) in [4.78, 5) is 0. The van der Waals surface area contributed by atoms with Crippen molar-refractivity contribution < 1.29 is 10.2 Å². The van der Waals surface area contributed by atoms with Gasteiger partial charge < -0.3 is 10.2 Å². The van der Waals surface area contributed by atoms with Crippen LogP contribution in [0, 0.1) is 28.6 Å². The van der Waals surface area contributed by atoms with Gasteiger partial charge in [0.15, 0.2) is 0 Å². The normalized spacial score (nSPS) is 35.2. The zero-order valence-electron chi connectivity index (χ0n) is 22.2. The Bertz CT molecular complexity index is 663. The first-order valence-electron chi connectivity index (χ1n) is 13.4. The quantitative estimate of drug-likeness (QED) is 0.422. The number of hydrogen-bond acceptors (Lipinski definition) is 2. The monoisotopic (exact) mass is 444 g/mol. The van der Waals surface area contributed by atoms with Crippen LogP contribution in [0.5, 0.6) is 0 Å². The van der Waals surface area contributed by atoms with E-state index in [2.05, 4.69) is 53.3 Å². The Labute approximate surface area is 199 Å². The largest absolute Gasteiger partial charge is 0.388 e. The predicted molar refractivity (Wildman–Crippen MR) is 139 cm³/mol. The average molecular weight is 445 g/mol. The molecule has 0 aliphatic heterocycles. The van der Waals surface area contributed by atoms with E-state index in [1.807, 2.05) is 13.8 Å². The highest BCUT2D eigenvalue weighted by atomic mass is 16.3. The molecule has 32 heavy (non-hydrogen) atoms. The van der Waals surface area contributed by atoms with Gasteiger partial charge in [-0.15, -0.1) is 0 Å². The minimum absolute atomic E-state index is 0.447. The highest BCUT2D eigenvalue weighted by Gasteiger charge is 2.50. The Morgan fingerprint density at radius 1 is 1.09 bits per heavy atom. The predicted octanol–water partition coefficient (Wildman–Crippen LogP) is 8.01. The lowest BCUT2D eigenvalue weighted by Crippen LogP contribution is -2.36. The minimum Gasteiger partial charge on any atom is -0.388 e. The molecule has 1 unspecified atom stereocenters. The second kappa shape index (κ2) is 11.5. The van der Waals surface area contributed by atoms with E-state index in [-0.39, 0.29) is 0 Å². The number of allylic oxidation sites excluding steroid dienone is 3. The molecular weight excluding hydrogens is 392 g/mol. The first-order chi connectivity index (χ1) is 15.0. The number of hydrogen-bond donors (Lipinski definition) is 2. The van der Waals surface area contributed by atoms with Crippen LogP contribution in [0.25, 0.3) is 0 Å². The van der Waals surface area contributed by atoms with Gasteiger partial charge in [-0.2, -0.15) is 0 Å². The van der Waals surface area contributed by atoms with E-state index in [0.29, 0.717) is 35.2 Å². The van der Waals surface area contributed by atoms with Gasteiger partial charge in [0.25, 0.3) is 0 Å². The highest BCUT2D eigenvalue weighted by Crippen LogP contribution is 2.60. The molecule has 3 aliphatic carbocycles. The molecule has 0 spiro atoms. The molecule has 3 fully saturated rings.